The highest BCUT2D eigenvalue weighted by Gasteiger charge is 2.12. The highest BCUT2D eigenvalue weighted by molar-refractivity contribution is 7.09. The fourth-order valence-electron chi connectivity index (χ4n) is 2.22. The van der Waals surface area contributed by atoms with E-state index in [2.05, 4.69) is 26.1 Å². The molecule has 2 heterocycles. The van der Waals surface area contributed by atoms with Gasteiger partial charge in [0.2, 0.25) is 0 Å². The molecule has 0 N–H and O–H groups in total. The van der Waals surface area contributed by atoms with Gasteiger partial charge in [-0.05, 0) is 31.5 Å². The third-order valence-electron chi connectivity index (χ3n) is 3.56. The molecule has 0 aliphatic rings. The summed E-state index contributed by atoms with van der Waals surface area (Å²) in [6, 6.07) is 10.2. The molecule has 0 saturated carbocycles. The van der Waals surface area contributed by atoms with Crippen molar-refractivity contribution in [3.05, 3.63) is 58.6 Å². The fraction of sp³-hybridized carbons (Fsp3) is 0.235. The smallest absolute Gasteiger partial charge is 0.138 e. The van der Waals surface area contributed by atoms with E-state index in [-0.39, 0.29) is 6.04 Å². The molecule has 7 heteroatoms. The third-order valence-corrected chi connectivity index (χ3v) is 4.61. The Balaban J connectivity index is 1.72. The van der Waals surface area contributed by atoms with E-state index in [9.17, 15) is 5.26 Å². The first-order valence-electron chi connectivity index (χ1n) is 7.47. The van der Waals surface area contributed by atoms with Crippen LogP contribution in [0.4, 0.5) is 0 Å². The van der Waals surface area contributed by atoms with Crippen LogP contribution in [0.3, 0.4) is 0 Å². The summed E-state index contributed by atoms with van der Waals surface area (Å²) in [5.41, 5.74) is 2.95. The molecule has 0 aliphatic carbocycles. The molecule has 0 fully saturated rings. The van der Waals surface area contributed by atoms with Gasteiger partial charge in [-0.25, -0.2) is 14.6 Å². The molecule has 24 heavy (non-hydrogen) atoms. The third kappa shape index (κ3) is 3.55. The summed E-state index contributed by atoms with van der Waals surface area (Å²) in [5, 5.41) is 16.2. The van der Waals surface area contributed by atoms with Gasteiger partial charge in [-0.3, -0.25) is 4.99 Å². The molecule has 0 amide bonds. The van der Waals surface area contributed by atoms with E-state index in [1.807, 2.05) is 43.5 Å². The summed E-state index contributed by atoms with van der Waals surface area (Å²) in [7, 11) is 0. The van der Waals surface area contributed by atoms with Crippen molar-refractivity contribution in [1.29, 1.82) is 5.26 Å². The number of nitrogens with zero attached hydrogens (tertiary/aromatic N) is 6. The topological polar surface area (TPSA) is 79.8 Å². The Hall–Kier alpha value is -2.85. The normalized spacial score (nSPS) is 13.7. The molecule has 0 radical (unpaired) electrons. The van der Waals surface area contributed by atoms with Gasteiger partial charge in [0.25, 0.3) is 0 Å². The van der Waals surface area contributed by atoms with Crippen molar-refractivity contribution in [3.63, 3.8) is 0 Å². The van der Waals surface area contributed by atoms with Gasteiger partial charge < -0.3 is 0 Å². The van der Waals surface area contributed by atoms with Crippen molar-refractivity contribution in [1.82, 2.24) is 19.7 Å². The Kier molecular flexibility index (Phi) is 4.77. The monoisotopic (exact) mass is 336 g/mol. The lowest BCUT2D eigenvalue weighted by molar-refractivity contribution is 0.815. The predicted octanol–water partition coefficient (Wildman–Crippen LogP) is 3.47. The van der Waals surface area contributed by atoms with Crippen LogP contribution in [0.25, 0.3) is 5.69 Å². The molecule has 3 aromatic rings. The molecule has 6 nitrogen and oxygen atoms in total. The zero-order chi connectivity index (χ0) is 16.9. The van der Waals surface area contributed by atoms with Gasteiger partial charge in [0, 0.05) is 17.3 Å². The van der Waals surface area contributed by atoms with E-state index < -0.39 is 5.92 Å². The number of hydrogen-bond acceptors (Lipinski definition) is 6. The average Bonchev–Trinajstić information content (AvgIpc) is 3.27. The highest BCUT2D eigenvalue weighted by atomic mass is 32.1. The van der Waals surface area contributed by atoms with Gasteiger partial charge >= 0.3 is 0 Å². The van der Waals surface area contributed by atoms with Crippen LogP contribution in [0.5, 0.6) is 0 Å². The highest BCUT2D eigenvalue weighted by Crippen LogP contribution is 2.21. The second-order valence-electron chi connectivity index (χ2n) is 5.34. The van der Waals surface area contributed by atoms with E-state index in [1.165, 1.54) is 17.7 Å². The Morgan fingerprint density at radius 3 is 2.71 bits per heavy atom. The summed E-state index contributed by atoms with van der Waals surface area (Å²) in [5.74, 6) is -0.402. The lowest BCUT2D eigenvalue weighted by atomic mass is 10.1. The largest absolute Gasteiger partial charge is 0.288 e. The van der Waals surface area contributed by atoms with Crippen LogP contribution in [0.15, 0.2) is 47.3 Å². The number of thiazole rings is 1. The number of benzene rings is 1. The Bertz CT molecular complexity index is 857. The Morgan fingerprint density at radius 2 is 2.12 bits per heavy atom. The summed E-state index contributed by atoms with van der Waals surface area (Å²) in [6.45, 7) is 3.92. The van der Waals surface area contributed by atoms with Crippen LogP contribution in [-0.4, -0.2) is 26.0 Å². The van der Waals surface area contributed by atoms with Crippen LogP contribution in [0, 0.1) is 18.3 Å². The summed E-state index contributed by atoms with van der Waals surface area (Å²) in [6.07, 6.45) is 4.85. The van der Waals surface area contributed by atoms with E-state index in [4.69, 9.17) is 0 Å². The maximum absolute atomic E-state index is 9.32. The minimum absolute atomic E-state index is 0.0355. The van der Waals surface area contributed by atoms with Crippen LogP contribution >= 0.6 is 11.3 Å². The number of hydrogen-bond donors (Lipinski definition) is 0. The van der Waals surface area contributed by atoms with E-state index in [0.29, 0.717) is 0 Å². The number of aryl methyl sites for hydroxylation is 1. The molecule has 3 rings (SSSR count). The molecule has 120 valence electrons. The van der Waals surface area contributed by atoms with Crippen molar-refractivity contribution in [3.8, 4) is 11.8 Å². The van der Waals surface area contributed by atoms with E-state index in [1.54, 1.807) is 17.2 Å². The lowest BCUT2D eigenvalue weighted by Gasteiger charge is -2.08. The van der Waals surface area contributed by atoms with E-state index in [0.717, 1.165) is 22.0 Å². The van der Waals surface area contributed by atoms with Crippen LogP contribution in [0.2, 0.25) is 0 Å². The second kappa shape index (κ2) is 7.15. The zero-order valence-electron chi connectivity index (χ0n) is 13.4. The van der Waals surface area contributed by atoms with Gasteiger partial charge in [0.05, 0.1) is 17.8 Å². The lowest BCUT2D eigenvalue weighted by Crippen LogP contribution is -2.00. The number of aliphatic imine (C=N–C) groups is 1. The maximum atomic E-state index is 9.32. The van der Waals surface area contributed by atoms with Gasteiger partial charge in [-0.15, -0.1) is 11.3 Å². The first kappa shape index (κ1) is 16.0. The molecule has 0 saturated heterocycles. The van der Waals surface area contributed by atoms with Crippen molar-refractivity contribution in [2.24, 2.45) is 4.99 Å². The number of rotatable bonds is 5. The fourth-order valence-corrected chi connectivity index (χ4v) is 3.02. The van der Waals surface area contributed by atoms with Gasteiger partial charge in [0.1, 0.15) is 23.6 Å². The van der Waals surface area contributed by atoms with Crippen LogP contribution < -0.4 is 0 Å². The van der Waals surface area contributed by atoms with Gasteiger partial charge in [-0.2, -0.15) is 10.4 Å². The van der Waals surface area contributed by atoms with Gasteiger partial charge in [0.15, 0.2) is 0 Å². The van der Waals surface area contributed by atoms with Crippen LogP contribution in [0.1, 0.15) is 35.1 Å². The minimum Gasteiger partial charge on any atom is -0.288 e. The molecular formula is C17H16N6S. The predicted molar refractivity (Wildman–Crippen MR) is 93.5 cm³/mol. The zero-order valence-corrected chi connectivity index (χ0v) is 14.2. The Morgan fingerprint density at radius 1 is 1.33 bits per heavy atom. The molecule has 1 aromatic carbocycles. The molecule has 0 spiro atoms. The van der Waals surface area contributed by atoms with Crippen molar-refractivity contribution >= 4 is 17.6 Å². The first-order chi connectivity index (χ1) is 11.7. The summed E-state index contributed by atoms with van der Waals surface area (Å²) >= 11 is 1.49. The first-order valence-corrected chi connectivity index (χ1v) is 8.35. The minimum atomic E-state index is -0.402. The molecule has 2 aromatic heterocycles. The maximum Gasteiger partial charge on any atom is 0.138 e. The standard InChI is InChI=1S/C17H16N6S/c1-12-9-24-17(22-12)15(7-18)8-20-13(2)14-3-5-16(6-4-14)23-11-19-10-21-23/h3-6,8-11,13,15H,1-2H3/t13-,15-/m1/s1. The average molecular weight is 336 g/mol. The summed E-state index contributed by atoms with van der Waals surface area (Å²) in [4.78, 5) is 12.8. The van der Waals surface area contributed by atoms with Crippen molar-refractivity contribution in [2.45, 2.75) is 25.8 Å². The molecule has 0 bridgehead atoms. The SMILES string of the molecule is Cc1csc([C@H](C#N)C=N[C@H](C)c2ccc(-n3cncn3)cc2)n1. The molecule has 0 aliphatic heterocycles. The number of nitriles is 1. The number of aromatic nitrogens is 4. The van der Waals surface area contributed by atoms with Gasteiger partial charge in [-0.1, -0.05) is 12.1 Å². The van der Waals surface area contributed by atoms with Crippen LogP contribution in [-0.2, 0) is 0 Å². The molecule has 2 atom stereocenters. The quantitative estimate of drug-likeness (QED) is 0.668. The van der Waals surface area contributed by atoms with Crippen molar-refractivity contribution in [2.75, 3.05) is 0 Å². The second-order valence-corrected chi connectivity index (χ2v) is 6.23. The Labute approximate surface area is 144 Å². The molecular weight excluding hydrogens is 320 g/mol. The van der Waals surface area contributed by atoms with E-state index >= 15 is 0 Å². The summed E-state index contributed by atoms with van der Waals surface area (Å²) < 4.78 is 1.70. The molecule has 0 unspecified atom stereocenters. The van der Waals surface area contributed by atoms with Crippen molar-refractivity contribution < 1.29 is 0 Å².